The van der Waals surface area contributed by atoms with Crippen molar-refractivity contribution in [2.75, 3.05) is 0 Å². The average molecular weight is 507 g/mol. The van der Waals surface area contributed by atoms with E-state index < -0.39 is 21.1 Å². The van der Waals surface area contributed by atoms with Gasteiger partial charge >= 0.3 is 0 Å². The number of nitrogens with zero attached hydrogens (tertiary/aromatic N) is 3. The fraction of sp³-hybridized carbons (Fsp3) is 0.0833. The van der Waals surface area contributed by atoms with Crippen molar-refractivity contribution in [2.45, 2.75) is 18.2 Å². The van der Waals surface area contributed by atoms with Gasteiger partial charge in [-0.2, -0.15) is 14.6 Å². The number of hydrogen-bond donors (Lipinski definition) is 1. The summed E-state index contributed by atoms with van der Waals surface area (Å²) in [6.07, 6.45) is 1.82. The number of benzene rings is 2. The van der Waals surface area contributed by atoms with Crippen molar-refractivity contribution in [1.82, 2.24) is 14.6 Å². The minimum absolute atomic E-state index is 0.00243. The molecule has 0 radical (unpaired) electrons. The fourth-order valence-corrected chi connectivity index (χ4v) is 4.87. The summed E-state index contributed by atoms with van der Waals surface area (Å²) < 4.78 is 30.1. The molecule has 0 spiro atoms. The molecule has 0 fully saturated rings. The molecule has 9 nitrogen and oxygen atoms in total. The summed E-state index contributed by atoms with van der Waals surface area (Å²) in [5.41, 5.74) is 1.96. The molecule has 0 saturated carbocycles. The third-order valence-electron chi connectivity index (χ3n) is 5.31. The van der Waals surface area contributed by atoms with Crippen LogP contribution in [0.2, 0.25) is 0 Å². The SMILES string of the molecule is Cc1ccc(Cc2nn3c(=O)/c(=C/c4ccc(-c5ccc(S(N)(=O)=O)cc5)o4)sc3nc2=O)cc1. The summed E-state index contributed by atoms with van der Waals surface area (Å²) in [7, 11) is -3.79. The highest BCUT2D eigenvalue weighted by molar-refractivity contribution is 7.89. The molecular weight excluding hydrogens is 488 g/mol. The van der Waals surface area contributed by atoms with Gasteiger partial charge in [0.05, 0.1) is 4.90 Å². The number of nitrogens with two attached hydrogens (primary N) is 1. The molecule has 11 heteroatoms. The van der Waals surface area contributed by atoms with Gasteiger partial charge < -0.3 is 4.42 Å². The van der Waals surface area contributed by atoms with Gasteiger partial charge in [0.15, 0.2) is 0 Å². The lowest BCUT2D eigenvalue weighted by molar-refractivity contribution is 0.571. The monoisotopic (exact) mass is 506 g/mol. The van der Waals surface area contributed by atoms with Crippen molar-refractivity contribution in [2.24, 2.45) is 5.14 Å². The summed E-state index contributed by atoms with van der Waals surface area (Å²) in [5, 5.41) is 9.39. The minimum Gasteiger partial charge on any atom is -0.457 e. The minimum atomic E-state index is -3.79. The van der Waals surface area contributed by atoms with E-state index >= 15 is 0 Å². The molecule has 0 aliphatic rings. The van der Waals surface area contributed by atoms with E-state index in [9.17, 15) is 18.0 Å². The lowest BCUT2D eigenvalue weighted by Crippen LogP contribution is -2.28. The molecule has 0 amide bonds. The van der Waals surface area contributed by atoms with Gasteiger partial charge in [0, 0.05) is 18.1 Å². The predicted octanol–water partition coefficient (Wildman–Crippen LogP) is 1.87. The van der Waals surface area contributed by atoms with Crippen molar-refractivity contribution in [3.8, 4) is 11.3 Å². The Morgan fingerprint density at radius 1 is 1.03 bits per heavy atom. The third kappa shape index (κ3) is 4.69. The van der Waals surface area contributed by atoms with Crippen LogP contribution in [0.15, 0.2) is 79.6 Å². The van der Waals surface area contributed by atoms with E-state index in [1.807, 2.05) is 31.2 Å². The zero-order valence-corrected chi connectivity index (χ0v) is 20.0. The summed E-state index contributed by atoms with van der Waals surface area (Å²) in [6, 6.07) is 17.0. The molecule has 0 saturated heterocycles. The van der Waals surface area contributed by atoms with Crippen molar-refractivity contribution in [3.05, 3.63) is 108 Å². The van der Waals surface area contributed by atoms with Crippen LogP contribution in [-0.2, 0) is 16.4 Å². The van der Waals surface area contributed by atoms with Crippen LogP contribution in [0, 0.1) is 6.92 Å². The van der Waals surface area contributed by atoms with Gasteiger partial charge in [-0.3, -0.25) is 9.59 Å². The molecule has 2 aromatic carbocycles. The van der Waals surface area contributed by atoms with E-state index in [-0.39, 0.29) is 22.0 Å². The number of hydrogen-bond acceptors (Lipinski definition) is 8. The molecule has 0 aliphatic carbocycles. The fourth-order valence-electron chi connectivity index (χ4n) is 3.47. The second-order valence-electron chi connectivity index (χ2n) is 7.91. The molecule has 0 atom stereocenters. The Balaban J connectivity index is 1.48. The summed E-state index contributed by atoms with van der Waals surface area (Å²) in [6.45, 7) is 1.98. The first-order valence-corrected chi connectivity index (χ1v) is 12.8. The highest BCUT2D eigenvalue weighted by Gasteiger charge is 2.13. The lowest BCUT2D eigenvalue weighted by atomic mass is 10.1. The molecule has 0 unspecified atom stereocenters. The Kier molecular flexibility index (Phi) is 5.67. The Bertz CT molecular complexity index is 1840. The largest absolute Gasteiger partial charge is 0.457 e. The Morgan fingerprint density at radius 3 is 2.43 bits per heavy atom. The predicted molar refractivity (Wildman–Crippen MR) is 132 cm³/mol. The Labute approximate surface area is 202 Å². The maximum absolute atomic E-state index is 12.9. The maximum atomic E-state index is 12.9. The molecule has 3 aromatic heterocycles. The van der Waals surface area contributed by atoms with Crippen molar-refractivity contribution in [3.63, 3.8) is 0 Å². The van der Waals surface area contributed by atoms with Crippen LogP contribution in [0.5, 0.6) is 0 Å². The number of rotatable bonds is 5. The molecule has 5 rings (SSSR count). The topological polar surface area (TPSA) is 138 Å². The average Bonchev–Trinajstić information content (AvgIpc) is 3.40. The first-order chi connectivity index (χ1) is 16.7. The number of furan rings is 1. The Morgan fingerprint density at radius 2 is 1.74 bits per heavy atom. The van der Waals surface area contributed by atoms with Gasteiger partial charge in [0.25, 0.3) is 11.1 Å². The normalized spacial score (nSPS) is 12.5. The quantitative estimate of drug-likeness (QED) is 0.384. The zero-order valence-electron chi connectivity index (χ0n) is 18.3. The smallest absolute Gasteiger partial charge is 0.296 e. The van der Waals surface area contributed by atoms with Crippen LogP contribution in [0.4, 0.5) is 0 Å². The van der Waals surface area contributed by atoms with E-state index in [0.717, 1.165) is 27.0 Å². The molecule has 0 bridgehead atoms. The van der Waals surface area contributed by atoms with Crippen LogP contribution < -0.4 is 20.8 Å². The van der Waals surface area contributed by atoms with Gasteiger partial charge in [0.2, 0.25) is 15.0 Å². The summed E-state index contributed by atoms with van der Waals surface area (Å²) >= 11 is 1.04. The van der Waals surface area contributed by atoms with Crippen LogP contribution in [0.1, 0.15) is 22.6 Å². The second kappa shape index (κ2) is 8.69. The lowest BCUT2D eigenvalue weighted by Gasteiger charge is -2.01. The van der Waals surface area contributed by atoms with Gasteiger partial charge in [-0.15, -0.1) is 0 Å². The highest BCUT2D eigenvalue weighted by atomic mass is 32.2. The van der Waals surface area contributed by atoms with Crippen LogP contribution in [-0.4, -0.2) is 23.0 Å². The second-order valence-corrected chi connectivity index (χ2v) is 10.5. The summed E-state index contributed by atoms with van der Waals surface area (Å²) in [4.78, 5) is 29.6. The molecule has 3 heterocycles. The number of aromatic nitrogens is 3. The van der Waals surface area contributed by atoms with Gasteiger partial charge in [-0.05, 0) is 48.9 Å². The van der Waals surface area contributed by atoms with E-state index in [4.69, 9.17) is 9.56 Å². The van der Waals surface area contributed by atoms with Gasteiger partial charge in [0.1, 0.15) is 21.7 Å². The number of fused-ring (bicyclic) bond motifs is 1. The van der Waals surface area contributed by atoms with Crippen molar-refractivity contribution < 1.29 is 12.8 Å². The van der Waals surface area contributed by atoms with E-state index in [1.54, 1.807) is 30.3 Å². The van der Waals surface area contributed by atoms with Gasteiger partial charge in [-0.25, -0.2) is 13.6 Å². The number of sulfonamides is 1. The first kappa shape index (κ1) is 22.8. The highest BCUT2D eigenvalue weighted by Crippen LogP contribution is 2.23. The van der Waals surface area contributed by atoms with Crippen LogP contribution in [0.25, 0.3) is 22.4 Å². The van der Waals surface area contributed by atoms with Crippen LogP contribution >= 0.6 is 11.3 Å². The molecule has 35 heavy (non-hydrogen) atoms. The Hall–Kier alpha value is -3.93. The molecule has 0 aliphatic heterocycles. The number of primary sulfonamides is 1. The molecule has 176 valence electrons. The summed E-state index contributed by atoms with van der Waals surface area (Å²) in [5.74, 6) is 0.888. The first-order valence-electron chi connectivity index (χ1n) is 10.4. The zero-order chi connectivity index (χ0) is 24.7. The van der Waals surface area contributed by atoms with E-state index in [1.165, 1.54) is 12.1 Å². The maximum Gasteiger partial charge on any atom is 0.296 e. The van der Waals surface area contributed by atoms with E-state index in [2.05, 4.69) is 10.1 Å². The molecule has 2 N–H and O–H groups in total. The number of aryl methyl sites for hydroxylation is 1. The van der Waals surface area contributed by atoms with Gasteiger partial charge in [-0.1, -0.05) is 41.2 Å². The van der Waals surface area contributed by atoms with Crippen molar-refractivity contribution in [1.29, 1.82) is 0 Å². The van der Waals surface area contributed by atoms with Crippen molar-refractivity contribution >= 4 is 32.4 Å². The number of thiazole rings is 1. The molecular formula is C24H18N4O5S2. The molecule has 5 aromatic rings. The van der Waals surface area contributed by atoms with Crippen LogP contribution in [0.3, 0.4) is 0 Å². The third-order valence-corrected chi connectivity index (χ3v) is 7.20. The van der Waals surface area contributed by atoms with E-state index in [0.29, 0.717) is 21.6 Å². The standard InChI is InChI=1S/C24H18N4O5S2/c1-14-2-4-15(5-3-14)12-19-22(29)26-24-28(27-19)23(30)21(34-24)13-17-8-11-20(33-17)16-6-9-18(10-7-16)35(25,31)32/h2-11,13H,12H2,1H3,(H2,25,31,32)/b21-13-.